The van der Waals surface area contributed by atoms with Crippen molar-refractivity contribution >= 4 is 35.2 Å². The zero-order valence-electron chi connectivity index (χ0n) is 23.0. The number of benzene rings is 2. The van der Waals surface area contributed by atoms with E-state index in [9.17, 15) is 19.2 Å². The van der Waals surface area contributed by atoms with E-state index in [4.69, 9.17) is 26.8 Å². The fourth-order valence-electron chi connectivity index (χ4n) is 4.45. The summed E-state index contributed by atoms with van der Waals surface area (Å²) in [6.45, 7) is 10.3. The van der Waals surface area contributed by atoms with Crippen LogP contribution in [0.2, 0.25) is 5.02 Å². The molecule has 0 radical (unpaired) electrons. The molecule has 4 N–H and O–H groups in total. The van der Waals surface area contributed by atoms with Crippen LogP contribution < -0.4 is 21.1 Å². The number of rotatable bonds is 9. The van der Waals surface area contributed by atoms with E-state index >= 15 is 0 Å². The van der Waals surface area contributed by atoms with Crippen molar-refractivity contribution in [2.75, 3.05) is 0 Å². The lowest BCUT2D eigenvalue weighted by Gasteiger charge is -2.44. The standard InChI is InChI=1S/C29H36ClN3O6/c1-15(2)12-22(31)27(36)32-16(3)28(37)38-25-24(33-26(35)19-8-7-9-20(30)13-19)21-14-18(17(4)34)10-11-23(21)39-29(25,5)6/h7-11,13-16,22,24-25H,12,31H2,1-6H3,(H,32,36)(H,33,35)/t16-,22-,24-,25+/m0/s1. The lowest BCUT2D eigenvalue weighted by Crippen LogP contribution is -2.57. The van der Waals surface area contributed by atoms with Crippen molar-refractivity contribution < 1.29 is 28.7 Å². The first-order valence-electron chi connectivity index (χ1n) is 12.9. The molecule has 1 aliphatic heterocycles. The maximum Gasteiger partial charge on any atom is 0.328 e. The Morgan fingerprint density at radius 1 is 1.08 bits per heavy atom. The first-order valence-corrected chi connectivity index (χ1v) is 13.2. The average molecular weight is 558 g/mol. The third-order valence-corrected chi connectivity index (χ3v) is 6.74. The number of hydrogen-bond acceptors (Lipinski definition) is 7. The Bertz CT molecular complexity index is 1260. The van der Waals surface area contributed by atoms with Gasteiger partial charge in [-0.15, -0.1) is 0 Å². The van der Waals surface area contributed by atoms with E-state index in [2.05, 4.69) is 10.6 Å². The molecule has 4 atom stereocenters. The van der Waals surface area contributed by atoms with Crippen LogP contribution in [0, 0.1) is 5.92 Å². The van der Waals surface area contributed by atoms with Gasteiger partial charge in [0.15, 0.2) is 11.9 Å². The van der Waals surface area contributed by atoms with E-state index in [1.807, 2.05) is 13.8 Å². The Kier molecular flexibility index (Phi) is 9.40. The summed E-state index contributed by atoms with van der Waals surface area (Å²) < 4.78 is 12.1. The molecule has 0 unspecified atom stereocenters. The van der Waals surface area contributed by atoms with Crippen LogP contribution >= 0.6 is 11.6 Å². The van der Waals surface area contributed by atoms with Crippen LogP contribution in [0.5, 0.6) is 5.75 Å². The first kappa shape index (κ1) is 30.1. The van der Waals surface area contributed by atoms with Crippen molar-refractivity contribution in [3.63, 3.8) is 0 Å². The lowest BCUT2D eigenvalue weighted by atomic mass is 9.85. The average Bonchev–Trinajstić information content (AvgIpc) is 2.84. The van der Waals surface area contributed by atoms with E-state index in [-0.39, 0.29) is 11.7 Å². The number of nitrogens with two attached hydrogens (primary N) is 1. The van der Waals surface area contributed by atoms with Gasteiger partial charge in [0.05, 0.1) is 12.1 Å². The molecule has 2 amide bonds. The minimum Gasteiger partial charge on any atom is -0.484 e. The van der Waals surface area contributed by atoms with Crippen LogP contribution in [0.25, 0.3) is 0 Å². The van der Waals surface area contributed by atoms with Crippen molar-refractivity contribution in [2.24, 2.45) is 11.7 Å². The Morgan fingerprint density at radius 2 is 1.77 bits per heavy atom. The summed E-state index contributed by atoms with van der Waals surface area (Å²) in [6.07, 6.45) is -0.559. The molecule has 0 fully saturated rings. The molecule has 0 saturated carbocycles. The highest BCUT2D eigenvalue weighted by Crippen LogP contribution is 2.42. The maximum absolute atomic E-state index is 13.3. The van der Waals surface area contributed by atoms with Gasteiger partial charge in [0.1, 0.15) is 17.4 Å². The van der Waals surface area contributed by atoms with Gasteiger partial charge in [-0.3, -0.25) is 14.4 Å². The summed E-state index contributed by atoms with van der Waals surface area (Å²) in [7, 11) is 0. The molecule has 3 rings (SSSR count). The highest BCUT2D eigenvalue weighted by atomic mass is 35.5. The van der Waals surface area contributed by atoms with Gasteiger partial charge in [0.2, 0.25) is 5.91 Å². The number of ether oxygens (including phenoxy) is 2. The number of Topliss-reactive ketones (excluding diaryl/α,β-unsaturated/α-hetero) is 1. The molecule has 2 aromatic carbocycles. The molecular weight excluding hydrogens is 522 g/mol. The molecule has 10 heteroatoms. The van der Waals surface area contributed by atoms with Gasteiger partial charge in [-0.25, -0.2) is 4.79 Å². The molecule has 1 heterocycles. The molecule has 0 saturated heterocycles. The largest absolute Gasteiger partial charge is 0.484 e. The summed E-state index contributed by atoms with van der Waals surface area (Å²) in [4.78, 5) is 51.1. The van der Waals surface area contributed by atoms with Gasteiger partial charge in [0, 0.05) is 21.7 Å². The zero-order chi connectivity index (χ0) is 29.1. The van der Waals surface area contributed by atoms with E-state index in [0.29, 0.717) is 33.9 Å². The third-order valence-electron chi connectivity index (χ3n) is 6.50. The highest BCUT2D eigenvalue weighted by molar-refractivity contribution is 6.31. The Labute approximate surface area is 233 Å². The normalized spacial score (nSPS) is 19.2. The van der Waals surface area contributed by atoms with E-state index in [1.165, 1.54) is 19.9 Å². The fourth-order valence-corrected chi connectivity index (χ4v) is 4.64. The lowest BCUT2D eigenvalue weighted by molar-refractivity contribution is -0.168. The minimum atomic E-state index is -1.09. The van der Waals surface area contributed by atoms with Crippen LogP contribution in [0.4, 0.5) is 0 Å². The van der Waals surface area contributed by atoms with Gasteiger partial charge < -0.3 is 25.8 Å². The van der Waals surface area contributed by atoms with Crippen LogP contribution in [0.15, 0.2) is 42.5 Å². The number of carbonyl (C=O) groups is 4. The second-order valence-electron chi connectivity index (χ2n) is 10.8. The number of carbonyl (C=O) groups excluding carboxylic acids is 4. The zero-order valence-corrected chi connectivity index (χ0v) is 23.8. The van der Waals surface area contributed by atoms with Crippen LogP contribution in [0.3, 0.4) is 0 Å². The molecule has 2 aromatic rings. The Balaban J connectivity index is 1.94. The molecule has 0 spiro atoms. The summed E-state index contributed by atoms with van der Waals surface area (Å²) in [6, 6.07) is 8.68. The molecule has 39 heavy (non-hydrogen) atoms. The number of fused-ring (bicyclic) bond motifs is 1. The first-order chi connectivity index (χ1) is 18.2. The van der Waals surface area contributed by atoms with Crippen molar-refractivity contribution in [3.05, 3.63) is 64.2 Å². The summed E-state index contributed by atoms with van der Waals surface area (Å²) in [5.74, 6) is -1.18. The van der Waals surface area contributed by atoms with Crippen molar-refractivity contribution in [2.45, 2.75) is 77.8 Å². The molecule has 0 bridgehead atoms. The predicted octanol–water partition coefficient (Wildman–Crippen LogP) is 3.97. The number of ketones is 1. The molecule has 0 aliphatic carbocycles. The van der Waals surface area contributed by atoms with E-state index in [1.54, 1.807) is 50.2 Å². The summed E-state index contributed by atoms with van der Waals surface area (Å²) in [5.41, 5.74) is 6.06. The van der Waals surface area contributed by atoms with Gasteiger partial charge in [-0.05, 0) is 76.4 Å². The van der Waals surface area contributed by atoms with Gasteiger partial charge in [-0.1, -0.05) is 31.5 Å². The number of nitrogens with one attached hydrogen (secondary N) is 2. The second-order valence-corrected chi connectivity index (χ2v) is 11.2. The predicted molar refractivity (Wildman–Crippen MR) is 148 cm³/mol. The molecule has 1 aliphatic rings. The van der Waals surface area contributed by atoms with Gasteiger partial charge in [-0.2, -0.15) is 0 Å². The maximum atomic E-state index is 13.3. The highest BCUT2D eigenvalue weighted by Gasteiger charge is 2.48. The number of esters is 1. The smallest absolute Gasteiger partial charge is 0.328 e. The monoisotopic (exact) mass is 557 g/mol. The molecule has 210 valence electrons. The molecule has 0 aromatic heterocycles. The van der Waals surface area contributed by atoms with E-state index in [0.717, 1.165) is 0 Å². The quantitative estimate of drug-likeness (QED) is 0.313. The van der Waals surface area contributed by atoms with Crippen molar-refractivity contribution in [1.82, 2.24) is 10.6 Å². The van der Waals surface area contributed by atoms with Gasteiger partial charge >= 0.3 is 5.97 Å². The fraction of sp³-hybridized carbons (Fsp3) is 0.448. The van der Waals surface area contributed by atoms with Crippen LogP contribution in [-0.4, -0.2) is 47.4 Å². The minimum absolute atomic E-state index is 0.176. The topological polar surface area (TPSA) is 137 Å². The number of hydrogen-bond donors (Lipinski definition) is 3. The van der Waals surface area contributed by atoms with Crippen molar-refractivity contribution in [3.8, 4) is 5.75 Å². The second kappa shape index (κ2) is 12.2. The van der Waals surface area contributed by atoms with Crippen LogP contribution in [0.1, 0.15) is 80.3 Å². The molecule has 9 nitrogen and oxygen atoms in total. The Morgan fingerprint density at radius 3 is 2.38 bits per heavy atom. The Hall–Kier alpha value is -3.43. The number of halogens is 1. The third kappa shape index (κ3) is 7.36. The van der Waals surface area contributed by atoms with E-state index < -0.39 is 47.6 Å². The SMILES string of the molecule is CC(=O)c1ccc2c(c1)[C@H](NC(=O)c1cccc(Cl)c1)[C@@H](OC(=O)[C@H](C)NC(=O)[C@@H](N)CC(C)C)C(C)(C)O2. The van der Waals surface area contributed by atoms with Gasteiger partial charge in [0.25, 0.3) is 5.91 Å². The van der Waals surface area contributed by atoms with Crippen molar-refractivity contribution in [1.29, 1.82) is 0 Å². The number of amides is 2. The summed E-state index contributed by atoms with van der Waals surface area (Å²) >= 11 is 6.09. The summed E-state index contributed by atoms with van der Waals surface area (Å²) in [5, 5.41) is 5.94. The molecular formula is C29H36ClN3O6. The van der Waals surface area contributed by atoms with Crippen LogP contribution in [-0.2, 0) is 14.3 Å².